The number of benzene rings is 1. The van der Waals surface area contributed by atoms with Crippen LogP contribution in [0.1, 0.15) is 37.3 Å². The predicted molar refractivity (Wildman–Crippen MR) is 60.5 cm³/mol. The average molecular weight is 192 g/mol. The quantitative estimate of drug-likeness (QED) is 0.777. The van der Waals surface area contributed by atoms with Crippen molar-refractivity contribution >= 4 is 0 Å². The van der Waals surface area contributed by atoms with Crippen molar-refractivity contribution in [2.45, 2.75) is 33.1 Å². The minimum atomic E-state index is 0.252. The second-order valence-electron chi connectivity index (χ2n) is 4.42. The van der Waals surface area contributed by atoms with Crippen LogP contribution in [0.4, 0.5) is 0 Å². The van der Waals surface area contributed by atoms with Crippen molar-refractivity contribution in [1.29, 1.82) is 0 Å². The van der Waals surface area contributed by atoms with Crippen molar-refractivity contribution in [3.05, 3.63) is 35.4 Å². The van der Waals surface area contributed by atoms with Crippen LogP contribution in [0.25, 0.3) is 0 Å². The third kappa shape index (κ3) is 3.15. The number of rotatable bonds is 4. The highest BCUT2D eigenvalue weighted by atomic mass is 16.3. The predicted octanol–water partition coefficient (Wildman–Crippen LogP) is 3.12. The van der Waals surface area contributed by atoms with Crippen molar-refractivity contribution in [3.8, 4) is 0 Å². The van der Waals surface area contributed by atoms with E-state index in [2.05, 4.69) is 45.0 Å². The summed E-state index contributed by atoms with van der Waals surface area (Å²) >= 11 is 0. The van der Waals surface area contributed by atoms with E-state index in [-0.39, 0.29) is 6.61 Å². The molecule has 0 aliphatic rings. The summed E-state index contributed by atoms with van der Waals surface area (Å²) in [5, 5.41) is 9.32. The highest BCUT2D eigenvalue weighted by Gasteiger charge is 2.11. The fourth-order valence-electron chi connectivity index (χ4n) is 1.81. The van der Waals surface area contributed by atoms with Crippen molar-refractivity contribution < 1.29 is 5.11 Å². The molecule has 1 aromatic carbocycles. The molecule has 1 heteroatoms. The van der Waals surface area contributed by atoms with E-state index >= 15 is 0 Å². The normalized spacial score (nSPS) is 13.2. The van der Waals surface area contributed by atoms with Crippen molar-refractivity contribution in [3.63, 3.8) is 0 Å². The van der Waals surface area contributed by atoms with Gasteiger partial charge < -0.3 is 5.11 Å². The first-order chi connectivity index (χ1) is 6.63. The minimum Gasteiger partial charge on any atom is -0.396 e. The molecule has 0 spiro atoms. The Bertz CT molecular complexity index is 278. The van der Waals surface area contributed by atoms with Crippen LogP contribution in [0.3, 0.4) is 0 Å². The maximum atomic E-state index is 9.32. The van der Waals surface area contributed by atoms with Gasteiger partial charge in [0.05, 0.1) is 0 Å². The zero-order valence-corrected chi connectivity index (χ0v) is 9.33. The summed E-state index contributed by atoms with van der Waals surface area (Å²) in [5.74, 6) is 0.933. The van der Waals surface area contributed by atoms with Gasteiger partial charge in [-0.05, 0) is 24.8 Å². The lowest BCUT2D eigenvalue weighted by Crippen LogP contribution is -2.07. The number of aliphatic hydroxyl groups excluding tert-OH is 1. The van der Waals surface area contributed by atoms with Crippen LogP contribution in [0.5, 0.6) is 0 Å². The molecular weight excluding hydrogens is 172 g/mol. The fraction of sp³-hybridized carbons (Fsp3) is 0.538. The van der Waals surface area contributed by atoms with E-state index in [4.69, 9.17) is 0 Å². The monoisotopic (exact) mass is 192 g/mol. The molecule has 78 valence electrons. The summed E-state index contributed by atoms with van der Waals surface area (Å²) in [6, 6.07) is 8.43. The molecule has 1 N–H and O–H groups in total. The van der Waals surface area contributed by atoms with Crippen molar-refractivity contribution in [1.82, 2.24) is 0 Å². The van der Waals surface area contributed by atoms with Gasteiger partial charge in [-0.3, -0.25) is 0 Å². The van der Waals surface area contributed by atoms with Gasteiger partial charge in [0, 0.05) is 12.5 Å². The summed E-state index contributed by atoms with van der Waals surface area (Å²) in [5.41, 5.74) is 2.53. The largest absolute Gasteiger partial charge is 0.396 e. The van der Waals surface area contributed by atoms with E-state index in [1.165, 1.54) is 11.1 Å². The molecule has 1 unspecified atom stereocenters. The Morgan fingerprint density at radius 1 is 1.29 bits per heavy atom. The lowest BCUT2D eigenvalue weighted by Gasteiger charge is -2.17. The van der Waals surface area contributed by atoms with Gasteiger partial charge >= 0.3 is 0 Å². The summed E-state index contributed by atoms with van der Waals surface area (Å²) in [7, 11) is 0. The Morgan fingerprint density at radius 2 is 2.00 bits per heavy atom. The molecule has 0 radical (unpaired) electrons. The molecule has 0 amide bonds. The smallest absolute Gasteiger partial charge is 0.0499 e. The zero-order valence-electron chi connectivity index (χ0n) is 9.33. The maximum absolute atomic E-state index is 9.32. The molecule has 1 aromatic rings. The lowest BCUT2D eigenvalue weighted by atomic mass is 9.90. The number of hydrogen-bond donors (Lipinski definition) is 1. The third-order valence-electron chi connectivity index (χ3n) is 2.49. The topological polar surface area (TPSA) is 20.2 Å². The molecule has 0 aromatic heterocycles. The van der Waals surface area contributed by atoms with Crippen LogP contribution in [-0.2, 0) is 0 Å². The van der Waals surface area contributed by atoms with E-state index in [1.54, 1.807) is 0 Å². The van der Waals surface area contributed by atoms with Crippen molar-refractivity contribution in [2.24, 2.45) is 5.92 Å². The molecule has 0 saturated carbocycles. The van der Waals surface area contributed by atoms with E-state index < -0.39 is 0 Å². The maximum Gasteiger partial charge on any atom is 0.0499 e. The standard InChI is InChI=1S/C13H20O/c1-10(2)7-13(9-14)12-6-4-5-11(3)8-12/h4-6,8,10,13-14H,7,9H2,1-3H3. The van der Waals surface area contributed by atoms with Gasteiger partial charge in [0.2, 0.25) is 0 Å². The van der Waals surface area contributed by atoms with E-state index in [0.29, 0.717) is 11.8 Å². The molecule has 1 rings (SSSR count). The van der Waals surface area contributed by atoms with Gasteiger partial charge in [-0.2, -0.15) is 0 Å². The Hall–Kier alpha value is -0.820. The van der Waals surface area contributed by atoms with E-state index in [1.807, 2.05) is 0 Å². The van der Waals surface area contributed by atoms with Crippen LogP contribution in [0.2, 0.25) is 0 Å². The van der Waals surface area contributed by atoms with Crippen LogP contribution in [-0.4, -0.2) is 11.7 Å². The van der Waals surface area contributed by atoms with Gasteiger partial charge in [-0.1, -0.05) is 43.7 Å². The second kappa shape index (κ2) is 5.16. The van der Waals surface area contributed by atoms with Gasteiger partial charge in [0.25, 0.3) is 0 Å². The molecule has 14 heavy (non-hydrogen) atoms. The first kappa shape index (κ1) is 11.3. The van der Waals surface area contributed by atoms with Gasteiger partial charge in [0.1, 0.15) is 0 Å². The Morgan fingerprint density at radius 3 is 2.50 bits per heavy atom. The second-order valence-corrected chi connectivity index (χ2v) is 4.42. The van der Waals surface area contributed by atoms with E-state index in [9.17, 15) is 5.11 Å². The van der Waals surface area contributed by atoms with Crippen LogP contribution in [0, 0.1) is 12.8 Å². The highest BCUT2D eigenvalue weighted by molar-refractivity contribution is 5.25. The van der Waals surface area contributed by atoms with Crippen molar-refractivity contribution in [2.75, 3.05) is 6.61 Å². The first-order valence-electron chi connectivity index (χ1n) is 5.31. The highest BCUT2D eigenvalue weighted by Crippen LogP contribution is 2.23. The zero-order chi connectivity index (χ0) is 10.6. The molecule has 0 saturated heterocycles. The summed E-state index contributed by atoms with van der Waals surface area (Å²) in [4.78, 5) is 0. The van der Waals surface area contributed by atoms with Gasteiger partial charge in [0.15, 0.2) is 0 Å². The third-order valence-corrected chi connectivity index (χ3v) is 2.49. The summed E-state index contributed by atoms with van der Waals surface area (Å²) in [6.45, 7) is 6.73. The van der Waals surface area contributed by atoms with Gasteiger partial charge in [-0.25, -0.2) is 0 Å². The first-order valence-corrected chi connectivity index (χ1v) is 5.31. The van der Waals surface area contributed by atoms with Gasteiger partial charge in [-0.15, -0.1) is 0 Å². The van der Waals surface area contributed by atoms with E-state index in [0.717, 1.165) is 6.42 Å². The average Bonchev–Trinajstić information content (AvgIpc) is 2.14. The molecule has 0 aliphatic carbocycles. The lowest BCUT2D eigenvalue weighted by molar-refractivity contribution is 0.249. The number of aliphatic hydroxyl groups is 1. The Kier molecular flexibility index (Phi) is 4.15. The SMILES string of the molecule is Cc1cccc(C(CO)CC(C)C)c1. The molecular formula is C13H20O. The van der Waals surface area contributed by atoms with Crippen LogP contribution < -0.4 is 0 Å². The molecule has 0 aliphatic heterocycles. The fourth-order valence-corrected chi connectivity index (χ4v) is 1.81. The molecule has 1 nitrogen and oxygen atoms in total. The van der Waals surface area contributed by atoms with Crippen LogP contribution in [0.15, 0.2) is 24.3 Å². The minimum absolute atomic E-state index is 0.252. The number of hydrogen-bond acceptors (Lipinski definition) is 1. The number of aryl methyl sites for hydroxylation is 1. The summed E-state index contributed by atoms with van der Waals surface area (Å²) in [6.07, 6.45) is 1.06. The van der Waals surface area contributed by atoms with Crippen LogP contribution >= 0.6 is 0 Å². The molecule has 0 heterocycles. The Balaban J connectivity index is 2.78. The Labute approximate surface area is 86.8 Å². The molecule has 1 atom stereocenters. The summed E-state index contributed by atoms with van der Waals surface area (Å²) < 4.78 is 0. The molecule has 0 fully saturated rings. The molecule has 0 bridgehead atoms.